The van der Waals surface area contributed by atoms with Crippen LogP contribution in [0.2, 0.25) is 0 Å². The first-order chi connectivity index (χ1) is 9.83. The maximum Gasteiger partial charge on any atom is 0.187 e. The van der Waals surface area contributed by atoms with Crippen LogP contribution < -0.4 is 0 Å². The summed E-state index contributed by atoms with van der Waals surface area (Å²) in [5, 5.41) is 0. The highest BCUT2D eigenvalue weighted by molar-refractivity contribution is 14.1. The van der Waals surface area contributed by atoms with Gasteiger partial charge in [-0.1, -0.05) is 77.2 Å². The Morgan fingerprint density at radius 3 is 2.65 bits per heavy atom. The fourth-order valence-corrected chi connectivity index (χ4v) is 2.36. The average molecular weight is 375 g/mol. The van der Waals surface area contributed by atoms with Gasteiger partial charge in [0.15, 0.2) is 5.69 Å². The molecule has 20 heavy (non-hydrogen) atoms. The van der Waals surface area contributed by atoms with E-state index in [2.05, 4.69) is 39.6 Å². The van der Waals surface area contributed by atoms with Gasteiger partial charge in [-0.3, -0.25) is 0 Å². The molecule has 0 amide bonds. The maximum absolute atomic E-state index is 7.00. The summed E-state index contributed by atoms with van der Waals surface area (Å²) in [6, 6.07) is 17.7. The highest BCUT2D eigenvalue weighted by atomic mass is 127. The minimum absolute atomic E-state index is 0.518. The third-order valence-electron chi connectivity index (χ3n) is 2.84. The fourth-order valence-electron chi connectivity index (χ4n) is 1.82. The number of hydrogen-bond donors (Lipinski definition) is 0. The summed E-state index contributed by atoms with van der Waals surface area (Å²) in [5.41, 5.74) is 4.02. The SMILES string of the molecule is [C-]#[N+]c1cccc(COCC(=CI)c2ccccc2)c1. The Morgan fingerprint density at radius 2 is 1.95 bits per heavy atom. The van der Waals surface area contributed by atoms with Gasteiger partial charge in [0, 0.05) is 0 Å². The molecule has 3 heteroatoms. The molecule has 0 radical (unpaired) electrons. The molecule has 0 aliphatic rings. The molecular weight excluding hydrogens is 361 g/mol. The van der Waals surface area contributed by atoms with E-state index in [-0.39, 0.29) is 0 Å². The van der Waals surface area contributed by atoms with Crippen molar-refractivity contribution in [3.05, 3.63) is 81.2 Å². The fraction of sp³-hybridized carbons (Fsp3) is 0.118. The van der Waals surface area contributed by atoms with E-state index < -0.39 is 0 Å². The van der Waals surface area contributed by atoms with Gasteiger partial charge in [-0.2, -0.15) is 0 Å². The summed E-state index contributed by atoms with van der Waals surface area (Å²) in [6.45, 7) is 8.08. The van der Waals surface area contributed by atoms with Crippen molar-refractivity contribution < 1.29 is 4.74 Å². The monoisotopic (exact) mass is 375 g/mol. The molecule has 0 fully saturated rings. The van der Waals surface area contributed by atoms with Gasteiger partial charge in [0.05, 0.1) is 19.8 Å². The number of nitrogens with zero attached hydrogens (tertiary/aromatic N) is 1. The molecular formula is C17H14INO. The smallest absolute Gasteiger partial charge is 0.187 e. The largest absolute Gasteiger partial charge is 0.372 e. The first-order valence-electron chi connectivity index (χ1n) is 6.22. The van der Waals surface area contributed by atoms with Gasteiger partial charge in [-0.05, 0) is 20.8 Å². The molecule has 0 aromatic heterocycles. The van der Waals surface area contributed by atoms with Gasteiger partial charge in [-0.25, -0.2) is 4.85 Å². The summed E-state index contributed by atoms with van der Waals surface area (Å²) < 4.78 is 7.79. The van der Waals surface area contributed by atoms with E-state index in [1.165, 1.54) is 5.56 Å². The Balaban J connectivity index is 1.93. The topological polar surface area (TPSA) is 13.6 Å². The molecule has 2 nitrogen and oxygen atoms in total. The van der Waals surface area contributed by atoms with Crippen LogP contribution in [0.5, 0.6) is 0 Å². The minimum atomic E-state index is 0.518. The first kappa shape index (κ1) is 14.8. The second kappa shape index (κ2) is 7.83. The second-order valence-electron chi connectivity index (χ2n) is 4.27. The maximum atomic E-state index is 7.00. The molecule has 2 aromatic carbocycles. The van der Waals surface area contributed by atoms with E-state index >= 15 is 0 Å². The Morgan fingerprint density at radius 1 is 1.15 bits per heavy atom. The van der Waals surface area contributed by atoms with Crippen LogP contribution in [0.4, 0.5) is 5.69 Å². The third kappa shape index (κ3) is 4.19. The molecule has 0 atom stereocenters. The Kier molecular flexibility index (Phi) is 5.78. The van der Waals surface area contributed by atoms with Crippen LogP contribution in [0.3, 0.4) is 0 Å². The molecule has 2 aromatic rings. The van der Waals surface area contributed by atoms with E-state index in [0.717, 1.165) is 11.1 Å². The van der Waals surface area contributed by atoms with Crippen molar-refractivity contribution in [3.8, 4) is 0 Å². The molecule has 100 valence electrons. The third-order valence-corrected chi connectivity index (χ3v) is 3.59. The van der Waals surface area contributed by atoms with Crippen LogP contribution >= 0.6 is 22.6 Å². The lowest BCUT2D eigenvalue weighted by Gasteiger charge is -2.08. The molecule has 0 unspecified atom stereocenters. The van der Waals surface area contributed by atoms with Gasteiger partial charge in [0.1, 0.15) is 0 Å². The molecule has 0 bridgehead atoms. The molecule has 0 heterocycles. The zero-order valence-corrected chi connectivity index (χ0v) is 13.1. The van der Waals surface area contributed by atoms with Gasteiger partial charge in [0.2, 0.25) is 0 Å². The zero-order chi connectivity index (χ0) is 14.2. The lowest BCUT2D eigenvalue weighted by atomic mass is 10.1. The van der Waals surface area contributed by atoms with Crippen LogP contribution in [0.1, 0.15) is 11.1 Å². The molecule has 0 N–H and O–H groups in total. The normalized spacial score (nSPS) is 11.1. The number of hydrogen-bond acceptors (Lipinski definition) is 1. The number of benzene rings is 2. The van der Waals surface area contributed by atoms with Crippen molar-refractivity contribution in [3.63, 3.8) is 0 Å². The summed E-state index contributed by atoms with van der Waals surface area (Å²) in [7, 11) is 0. The Bertz CT molecular complexity index is 629. The number of rotatable bonds is 5. The predicted molar refractivity (Wildman–Crippen MR) is 90.8 cm³/mol. The number of ether oxygens (including phenoxy) is 1. The first-order valence-corrected chi connectivity index (χ1v) is 7.47. The van der Waals surface area contributed by atoms with Crippen LogP contribution in [0.15, 0.2) is 58.7 Å². The van der Waals surface area contributed by atoms with Gasteiger partial charge >= 0.3 is 0 Å². The lowest BCUT2D eigenvalue weighted by molar-refractivity contribution is 0.153. The summed E-state index contributed by atoms with van der Waals surface area (Å²) in [5.74, 6) is 0. The lowest BCUT2D eigenvalue weighted by Crippen LogP contribution is -1.98. The summed E-state index contributed by atoms with van der Waals surface area (Å²) >= 11 is 2.24. The molecule has 0 aliphatic carbocycles. The van der Waals surface area contributed by atoms with E-state index in [9.17, 15) is 0 Å². The van der Waals surface area contributed by atoms with E-state index in [1.807, 2.05) is 40.5 Å². The predicted octanol–water partition coefficient (Wildman–Crippen LogP) is 5.23. The van der Waals surface area contributed by atoms with Gasteiger partial charge in [-0.15, -0.1) is 0 Å². The van der Waals surface area contributed by atoms with Crippen molar-refractivity contribution in [2.45, 2.75) is 6.61 Å². The van der Waals surface area contributed by atoms with Crippen molar-refractivity contribution in [2.24, 2.45) is 0 Å². The molecule has 0 aliphatic heterocycles. The van der Waals surface area contributed by atoms with Crippen LogP contribution in [-0.4, -0.2) is 6.61 Å². The molecule has 2 rings (SSSR count). The van der Waals surface area contributed by atoms with Crippen LogP contribution in [0.25, 0.3) is 10.4 Å². The quantitative estimate of drug-likeness (QED) is 0.516. The van der Waals surface area contributed by atoms with E-state index in [0.29, 0.717) is 18.9 Å². The van der Waals surface area contributed by atoms with Gasteiger partial charge < -0.3 is 4.74 Å². The average Bonchev–Trinajstić information content (AvgIpc) is 2.52. The summed E-state index contributed by atoms with van der Waals surface area (Å²) in [4.78, 5) is 3.42. The van der Waals surface area contributed by atoms with E-state index in [4.69, 9.17) is 11.3 Å². The molecule has 0 saturated carbocycles. The molecule has 0 spiro atoms. The zero-order valence-electron chi connectivity index (χ0n) is 10.9. The second-order valence-corrected chi connectivity index (χ2v) is 4.90. The van der Waals surface area contributed by atoms with Crippen LogP contribution in [0, 0.1) is 6.57 Å². The van der Waals surface area contributed by atoms with Crippen LogP contribution in [-0.2, 0) is 11.3 Å². The van der Waals surface area contributed by atoms with Crippen molar-refractivity contribution >= 4 is 33.9 Å². The number of halogens is 1. The van der Waals surface area contributed by atoms with Crippen molar-refractivity contribution in [2.75, 3.05) is 6.61 Å². The highest BCUT2D eigenvalue weighted by Crippen LogP contribution is 2.18. The molecule has 0 saturated heterocycles. The Labute approximate surface area is 133 Å². The highest BCUT2D eigenvalue weighted by Gasteiger charge is 2.01. The van der Waals surface area contributed by atoms with Crippen molar-refractivity contribution in [1.29, 1.82) is 0 Å². The Hall–Kier alpha value is -1.64. The van der Waals surface area contributed by atoms with E-state index in [1.54, 1.807) is 6.07 Å². The van der Waals surface area contributed by atoms with Gasteiger partial charge in [0.25, 0.3) is 0 Å². The summed E-state index contributed by atoms with van der Waals surface area (Å²) in [6.07, 6.45) is 0. The minimum Gasteiger partial charge on any atom is -0.372 e. The standard InChI is InChI=1S/C17H14INO/c1-19-17-9-5-6-14(10-17)12-20-13-16(11-18)15-7-3-2-4-8-15/h2-11H,12-13H2. The van der Waals surface area contributed by atoms with Crippen molar-refractivity contribution in [1.82, 2.24) is 0 Å².